The Balaban J connectivity index is -0.000000117. The van der Waals surface area contributed by atoms with Crippen molar-refractivity contribution in [2.24, 2.45) is 11.5 Å². The Morgan fingerprint density at radius 2 is 1.46 bits per heavy atom. The van der Waals surface area contributed by atoms with Gasteiger partial charge in [0.05, 0.1) is 0 Å². The molecule has 0 fully saturated rings. The maximum Gasteiger partial charge on any atom is -0.0708 e. The molecule has 0 aromatic rings. The molecule has 2 radical (unpaired) electrons. The summed E-state index contributed by atoms with van der Waals surface area (Å²) in [6.07, 6.45) is 2.77. The van der Waals surface area contributed by atoms with E-state index in [0.717, 1.165) is 0 Å². The Labute approximate surface area is 116 Å². The predicted molar refractivity (Wildman–Crippen MR) is 73.8 cm³/mol. The average molecular weight is 363 g/mol. The van der Waals surface area contributed by atoms with Crippen molar-refractivity contribution >= 4 is 81.4 Å². The number of unbranched alkanes of at least 4 members (excludes halogenated alkanes) is 1. The van der Waals surface area contributed by atoms with Crippen molar-refractivity contribution in [3.63, 3.8) is 0 Å². The summed E-state index contributed by atoms with van der Waals surface area (Å²) in [5, 5.41) is 0. The van der Waals surface area contributed by atoms with Crippen molar-refractivity contribution in [1.82, 2.24) is 0 Å². The van der Waals surface area contributed by atoms with Crippen LogP contribution in [0.25, 0.3) is 0 Å². The van der Waals surface area contributed by atoms with Gasteiger partial charge < -0.3 is 61.2 Å². The number of nitrogens with two attached hydrogens (primary N) is 2. The third-order valence-corrected chi connectivity index (χ3v) is 1.41. The maximum absolute atomic E-state index is 4.66. The first kappa shape index (κ1) is 19.6. The Bertz CT molecular complexity index is 110. The quantitative estimate of drug-likeness (QED) is 0.433. The van der Waals surface area contributed by atoms with Gasteiger partial charge in [0.1, 0.15) is 0 Å². The van der Waals surface area contributed by atoms with Gasteiger partial charge in [-0.25, -0.2) is 0 Å². The molecular weight excluding hydrogens is 350 g/mol. The third kappa shape index (κ3) is 172. The predicted octanol–water partition coefficient (Wildman–Crippen LogP) is 0.927. The molecule has 0 spiro atoms. The zero-order valence-corrected chi connectivity index (χ0v) is 13.2. The van der Waals surface area contributed by atoms with Crippen LogP contribution in [0.1, 0.15) is 19.8 Å². The van der Waals surface area contributed by atoms with Gasteiger partial charge in [0, 0.05) is 0 Å². The Hall–Kier alpha value is 1.04. The fourth-order valence-electron chi connectivity index (χ4n) is 0.158. The van der Waals surface area contributed by atoms with E-state index in [1.807, 2.05) is 23.0 Å². The first-order valence-electron chi connectivity index (χ1n) is 3.42. The summed E-state index contributed by atoms with van der Waals surface area (Å²) in [5.41, 5.74) is 9.31. The van der Waals surface area contributed by atoms with E-state index in [1.54, 1.807) is 0 Å². The van der Waals surface area contributed by atoms with E-state index < -0.39 is 0 Å². The number of thiocarbonyl (C=S) groups is 2. The van der Waals surface area contributed by atoms with Gasteiger partial charge in [-0.15, -0.1) is 0 Å². The molecular formula is C6H13N2S4Sb. The van der Waals surface area contributed by atoms with Crippen LogP contribution in [0.3, 0.4) is 0 Å². The summed E-state index contributed by atoms with van der Waals surface area (Å²) >= 11 is 18.4. The molecule has 0 amide bonds. The molecule has 0 heterocycles. The van der Waals surface area contributed by atoms with E-state index in [9.17, 15) is 0 Å². The first-order chi connectivity index (χ1) is 5.88. The number of hydrogen-bond acceptors (Lipinski definition) is 4. The minimum Gasteiger partial charge on any atom is -0.415 e. The third-order valence-electron chi connectivity index (χ3n) is 0.512. The summed E-state index contributed by atoms with van der Waals surface area (Å²) in [6.45, 7) is 2.22. The van der Waals surface area contributed by atoms with Gasteiger partial charge in [0.2, 0.25) is 0 Å². The Morgan fingerprint density at radius 3 is 1.46 bits per heavy atom. The van der Waals surface area contributed by atoms with Crippen molar-refractivity contribution in [3.05, 3.63) is 0 Å². The van der Waals surface area contributed by atoms with Gasteiger partial charge in [-0.3, -0.25) is 0 Å². The molecule has 0 unspecified atom stereocenters. The molecule has 0 bridgehead atoms. The normalized spacial score (nSPS) is 6.85. The molecule has 0 aliphatic heterocycles. The molecule has 2 nitrogen and oxygen atoms in total. The topological polar surface area (TPSA) is 52.0 Å². The van der Waals surface area contributed by atoms with Crippen molar-refractivity contribution < 1.29 is 0 Å². The summed E-state index contributed by atoms with van der Waals surface area (Å²) in [4.78, 5) is 0. The van der Waals surface area contributed by atoms with Crippen LogP contribution in [0.2, 0.25) is 4.37 Å². The van der Waals surface area contributed by atoms with E-state index in [2.05, 4.69) is 68.1 Å². The summed E-state index contributed by atoms with van der Waals surface area (Å²) in [6, 6.07) is 0. The maximum atomic E-state index is 4.66. The number of rotatable bonds is 2. The Kier molecular flexibility index (Phi) is 28.3. The molecule has 0 aliphatic rings. The molecule has 0 aliphatic carbocycles. The fourth-order valence-corrected chi connectivity index (χ4v) is 1.06. The average Bonchev–Trinajstić information content (AvgIpc) is 1.86. The molecule has 7 heteroatoms. The van der Waals surface area contributed by atoms with E-state index >= 15 is 0 Å². The molecule has 0 atom stereocenters. The zero-order chi connectivity index (χ0) is 11.3. The van der Waals surface area contributed by atoms with Crippen LogP contribution in [0, 0.1) is 0 Å². The fraction of sp³-hybridized carbons (Fsp3) is 0.667. The van der Waals surface area contributed by atoms with Gasteiger partial charge in [0.15, 0.2) is 0 Å². The van der Waals surface area contributed by atoms with Crippen LogP contribution in [-0.4, -0.2) is 31.7 Å². The van der Waals surface area contributed by atoms with Crippen LogP contribution < -0.4 is 11.5 Å². The molecule has 0 aromatic carbocycles. The standard InChI is InChI=1S/C4H9.2CH3NS2.Sb/c1-3-4-2;2*2-1(3)4;/h1,3-4H2,2H3;2*(H3,2,3,4);/q;;;+2/p-2. The van der Waals surface area contributed by atoms with Gasteiger partial charge in [-0.1, -0.05) is 8.64 Å². The largest absolute Gasteiger partial charge is 0.415 e. The van der Waals surface area contributed by atoms with Crippen LogP contribution in [0.5, 0.6) is 0 Å². The summed E-state index contributed by atoms with van der Waals surface area (Å²) in [5.74, 6) is 0. The number of hydrogen-bond donors (Lipinski definition) is 2. The van der Waals surface area contributed by atoms with Crippen LogP contribution in [0.4, 0.5) is 0 Å². The second kappa shape index (κ2) is 18.8. The zero-order valence-electron chi connectivity index (χ0n) is 7.36. The van der Waals surface area contributed by atoms with E-state index in [4.69, 9.17) is 0 Å². The van der Waals surface area contributed by atoms with Crippen molar-refractivity contribution in [3.8, 4) is 0 Å². The van der Waals surface area contributed by atoms with Gasteiger partial charge in [-0.05, 0) is 0 Å². The van der Waals surface area contributed by atoms with E-state index in [0.29, 0.717) is 0 Å². The van der Waals surface area contributed by atoms with Crippen molar-refractivity contribution in [2.45, 2.75) is 24.1 Å². The second-order valence-corrected chi connectivity index (χ2v) is 5.27. The first-order valence-corrected chi connectivity index (χ1v) is 6.86. The summed E-state index contributed by atoms with van der Waals surface area (Å²) in [7, 11) is 0. The SMILES string of the molecule is CCC[CH2][Sb+2].NC(=S)[S-].NC(=S)[S-]. The Morgan fingerprint density at radius 1 is 1.23 bits per heavy atom. The molecule has 0 saturated carbocycles. The molecule has 4 N–H and O–H groups in total. The van der Waals surface area contributed by atoms with Gasteiger partial charge >= 0.3 is 47.2 Å². The van der Waals surface area contributed by atoms with Crippen LogP contribution in [0.15, 0.2) is 0 Å². The van der Waals surface area contributed by atoms with Crippen LogP contribution in [-0.2, 0) is 25.3 Å². The smallest absolute Gasteiger partial charge is 0.0708 e. The van der Waals surface area contributed by atoms with Crippen molar-refractivity contribution in [2.75, 3.05) is 0 Å². The van der Waals surface area contributed by atoms with Crippen LogP contribution >= 0.6 is 24.4 Å². The molecule has 76 valence electrons. The van der Waals surface area contributed by atoms with Gasteiger partial charge in [-0.2, -0.15) is 0 Å². The summed E-state index contributed by atoms with van der Waals surface area (Å²) < 4.78 is 1.56. The van der Waals surface area contributed by atoms with E-state index in [-0.39, 0.29) is 8.64 Å². The molecule has 0 saturated heterocycles. The van der Waals surface area contributed by atoms with Crippen molar-refractivity contribution in [1.29, 1.82) is 0 Å². The second-order valence-electron chi connectivity index (χ2n) is 1.72. The molecule has 13 heavy (non-hydrogen) atoms. The molecule has 0 aromatic heterocycles. The molecule has 0 rings (SSSR count). The van der Waals surface area contributed by atoms with Gasteiger partial charge in [0.25, 0.3) is 0 Å². The minimum atomic E-state index is 0.0833. The monoisotopic (exact) mass is 362 g/mol. The minimum absolute atomic E-state index is 0.0833. The van der Waals surface area contributed by atoms with E-state index in [1.165, 1.54) is 17.2 Å².